The van der Waals surface area contributed by atoms with Gasteiger partial charge in [-0.05, 0) is 18.2 Å². The van der Waals surface area contributed by atoms with Gasteiger partial charge in [-0.1, -0.05) is 23.4 Å². The SMILES string of the molecule is COc1ccc(Cl)cc1C=NN=C1NC(=O)C(CC(=O)O)S1. The number of carboxylic acids is 1. The van der Waals surface area contributed by atoms with Gasteiger partial charge in [0.25, 0.3) is 0 Å². The molecule has 2 rings (SSSR count). The zero-order chi connectivity index (χ0) is 16.1. The molecule has 1 atom stereocenters. The predicted octanol–water partition coefficient (Wildman–Crippen LogP) is 1.74. The van der Waals surface area contributed by atoms with E-state index in [0.29, 0.717) is 16.3 Å². The normalized spacial score (nSPS) is 19.6. The molecule has 0 saturated carbocycles. The summed E-state index contributed by atoms with van der Waals surface area (Å²) in [5.41, 5.74) is 0.635. The molecule has 22 heavy (non-hydrogen) atoms. The smallest absolute Gasteiger partial charge is 0.305 e. The van der Waals surface area contributed by atoms with Crippen molar-refractivity contribution in [1.29, 1.82) is 0 Å². The molecule has 1 fully saturated rings. The molecule has 0 radical (unpaired) electrons. The Bertz CT molecular complexity index is 663. The summed E-state index contributed by atoms with van der Waals surface area (Å²) in [7, 11) is 1.52. The maximum Gasteiger partial charge on any atom is 0.305 e. The van der Waals surface area contributed by atoms with Crippen LogP contribution in [-0.4, -0.2) is 40.7 Å². The average molecular weight is 342 g/mol. The van der Waals surface area contributed by atoms with Gasteiger partial charge in [0.15, 0.2) is 5.17 Å². The minimum atomic E-state index is -1.04. The lowest BCUT2D eigenvalue weighted by molar-refractivity contribution is -0.138. The number of methoxy groups -OCH3 is 1. The van der Waals surface area contributed by atoms with Crippen LogP contribution < -0.4 is 10.1 Å². The molecular formula is C13H12ClN3O4S. The van der Waals surface area contributed by atoms with E-state index in [2.05, 4.69) is 15.5 Å². The Kier molecular flexibility index (Phi) is 5.40. The van der Waals surface area contributed by atoms with Crippen molar-refractivity contribution in [3.8, 4) is 5.75 Å². The van der Waals surface area contributed by atoms with E-state index in [1.807, 2.05) is 0 Å². The van der Waals surface area contributed by atoms with Gasteiger partial charge >= 0.3 is 5.97 Å². The molecule has 7 nitrogen and oxygen atoms in total. The first-order valence-electron chi connectivity index (χ1n) is 6.13. The molecule has 0 aromatic heterocycles. The fourth-order valence-corrected chi connectivity index (χ4v) is 2.79. The first-order chi connectivity index (χ1) is 10.5. The van der Waals surface area contributed by atoms with E-state index >= 15 is 0 Å². The highest BCUT2D eigenvalue weighted by atomic mass is 35.5. The summed E-state index contributed by atoms with van der Waals surface area (Å²) in [5.74, 6) is -0.844. The maximum absolute atomic E-state index is 11.5. The molecule has 9 heteroatoms. The minimum absolute atomic E-state index is 0.258. The molecule has 0 spiro atoms. The summed E-state index contributed by atoms with van der Waals surface area (Å²) in [5, 5.41) is 19.0. The quantitative estimate of drug-likeness (QED) is 0.627. The number of aliphatic carboxylic acids is 1. The Balaban J connectivity index is 2.07. The number of thioether (sulfide) groups is 1. The number of amidine groups is 1. The molecule has 1 unspecified atom stereocenters. The van der Waals surface area contributed by atoms with Crippen LogP contribution in [0.2, 0.25) is 5.02 Å². The van der Waals surface area contributed by atoms with Crippen molar-refractivity contribution in [2.75, 3.05) is 7.11 Å². The van der Waals surface area contributed by atoms with E-state index in [1.54, 1.807) is 18.2 Å². The van der Waals surface area contributed by atoms with Crippen LogP contribution in [0.5, 0.6) is 5.75 Å². The van der Waals surface area contributed by atoms with Gasteiger partial charge in [0, 0.05) is 10.6 Å². The van der Waals surface area contributed by atoms with Gasteiger partial charge in [-0.2, -0.15) is 5.10 Å². The standard InChI is InChI=1S/C13H12ClN3O4S/c1-21-9-3-2-8(14)4-7(9)6-15-17-13-16-12(20)10(22-13)5-11(18)19/h2-4,6,10H,5H2,1H3,(H,18,19)(H,16,17,20). The summed E-state index contributed by atoms with van der Waals surface area (Å²) in [4.78, 5) is 22.2. The highest BCUT2D eigenvalue weighted by molar-refractivity contribution is 8.15. The van der Waals surface area contributed by atoms with E-state index in [9.17, 15) is 9.59 Å². The lowest BCUT2D eigenvalue weighted by atomic mass is 10.2. The number of hydrogen-bond donors (Lipinski definition) is 2. The van der Waals surface area contributed by atoms with E-state index in [0.717, 1.165) is 11.8 Å². The number of nitrogens with zero attached hydrogens (tertiary/aromatic N) is 2. The third-order valence-electron chi connectivity index (χ3n) is 2.67. The van der Waals surface area contributed by atoms with Crippen LogP contribution in [0.15, 0.2) is 28.4 Å². The van der Waals surface area contributed by atoms with E-state index in [1.165, 1.54) is 13.3 Å². The summed E-state index contributed by atoms with van der Waals surface area (Å²) in [6, 6.07) is 5.05. The molecular weight excluding hydrogens is 330 g/mol. The molecule has 0 aliphatic carbocycles. The molecule has 1 aromatic carbocycles. The van der Waals surface area contributed by atoms with Crippen LogP contribution in [0.4, 0.5) is 0 Å². The lowest BCUT2D eigenvalue weighted by Gasteiger charge is -2.03. The first-order valence-corrected chi connectivity index (χ1v) is 7.39. The fourth-order valence-electron chi connectivity index (χ4n) is 1.69. The highest BCUT2D eigenvalue weighted by Gasteiger charge is 2.32. The van der Waals surface area contributed by atoms with Gasteiger partial charge in [-0.15, -0.1) is 5.10 Å². The van der Waals surface area contributed by atoms with Gasteiger partial charge in [0.05, 0.1) is 19.7 Å². The second kappa shape index (κ2) is 7.28. The number of ether oxygens (including phenoxy) is 1. The van der Waals surface area contributed by atoms with Crippen LogP contribution in [0, 0.1) is 0 Å². The van der Waals surface area contributed by atoms with Crippen molar-refractivity contribution in [2.24, 2.45) is 10.2 Å². The van der Waals surface area contributed by atoms with Crippen molar-refractivity contribution < 1.29 is 19.4 Å². The Labute approximate surface area is 135 Å². The molecule has 2 N–H and O–H groups in total. The molecule has 1 amide bonds. The van der Waals surface area contributed by atoms with Gasteiger partial charge in [-0.25, -0.2) is 0 Å². The number of carbonyl (C=O) groups excluding carboxylic acids is 1. The highest BCUT2D eigenvalue weighted by Crippen LogP contribution is 2.23. The number of benzene rings is 1. The van der Waals surface area contributed by atoms with Crippen LogP contribution in [0.3, 0.4) is 0 Å². The van der Waals surface area contributed by atoms with E-state index in [-0.39, 0.29) is 17.5 Å². The number of nitrogens with one attached hydrogen (secondary N) is 1. The number of carbonyl (C=O) groups is 2. The predicted molar refractivity (Wildman–Crippen MR) is 84.8 cm³/mol. The molecule has 1 aliphatic rings. The molecule has 0 bridgehead atoms. The lowest BCUT2D eigenvalue weighted by Crippen LogP contribution is -2.26. The Morgan fingerprint density at radius 3 is 3.05 bits per heavy atom. The topological polar surface area (TPSA) is 100 Å². The van der Waals surface area contributed by atoms with Gasteiger partial charge in [0.1, 0.15) is 11.0 Å². The monoisotopic (exact) mass is 341 g/mol. The van der Waals surface area contributed by atoms with E-state index < -0.39 is 11.2 Å². The summed E-state index contributed by atoms with van der Waals surface area (Å²) in [6.07, 6.45) is 1.18. The van der Waals surface area contributed by atoms with Crippen LogP contribution in [0.25, 0.3) is 0 Å². The van der Waals surface area contributed by atoms with E-state index in [4.69, 9.17) is 21.4 Å². The number of hydrogen-bond acceptors (Lipinski definition) is 6. The number of rotatable bonds is 5. The van der Waals surface area contributed by atoms with Crippen molar-refractivity contribution in [1.82, 2.24) is 5.32 Å². The third kappa shape index (κ3) is 4.22. The molecule has 1 saturated heterocycles. The zero-order valence-electron chi connectivity index (χ0n) is 11.4. The number of amides is 1. The van der Waals surface area contributed by atoms with Crippen molar-refractivity contribution in [3.63, 3.8) is 0 Å². The number of halogens is 1. The minimum Gasteiger partial charge on any atom is -0.496 e. The zero-order valence-corrected chi connectivity index (χ0v) is 13.0. The van der Waals surface area contributed by atoms with Crippen LogP contribution in [0.1, 0.15) is 12.0 Å². The summed E-state index contributed by atoms with van der Waals surface area (Å²) >= 11 is 6.93. The molecule has 1 aliphatic heterocycles. The first kappa shape index (κ1) is 16.3. The fraction of sp³-hybridized carbons (Fsp3) is 0.231. The largest absolute Gasteiger partial charge is 0.496 e. The second-order valence-electron chi connectivity index (χ2n) is 4.23. The van der Waals surface area contributed by atoms with Crippen molar-refractivity contribution >= 4 is 46.6 Å². The second-order valence-corrected chi connectivity index (χ2v) is 5.86. The molecule has 116 valence electrons. The third-order valence-corrected chi connectivity index (χ3v) is 3.98. The van der Waals surface area contributed by atoms with Gasteiger partial charge in [-0.3, -0.25) is 9.59 Å². The summed E-state index contributed by atoms with van der Waals surface area (Å²) < 4.78 is 5.16. The average Bonchev–Trinajstić information content (AvgIpc) is 2.78. The Morgan fingerprint density at radius 1 is 1.59 bits per heavy atom. The van der Waals surface area contributed by atoms with Crippen LogP contribution >= 0.6 is 23.4 Å². The van der Waals surface area contributed by atoms with Crippen molar-refractivity contribution in [3.05, 3.63) is 28.8 Å². The Morgan fingerprint density at radius 2 is 2.36 bits per heavy atom. The number of carboxylic acid groups (broad SMARTS) is 1. The summed E-state index contributed by atoms with van der Waals surface area (Å²) in [6.45, 7) is 0. The van der Waals surface area contributed by atoms with Crippen LogP contribution in [-0.2, 0) is 9.59 Å². The maximum atomic E-state index is 11.5. The van der Waals surface area contributed by atoms with Crippen molar-refractivity contribution in [2.45, 2.75) is 11.7 Å². The Hall–Kier alpha value is -2.06. The van der Waals surface area contributed by atoms with Gasteiger partial charge in [0.2, 0.25) is 5.91 Å². The van der Waals surface area contributed by atoms with Gasteiger partial charge < -0.3 is 15.2 Å². The molecule has 1 heterocycles. The molecule has 1 aromatic rings.